The van der Waals surface area contributed by atoms with Gasteiger partial charge in [-0.2, -0.15) is 5.10 Å². The molecule has 0 aliphatic rings. The summed E-state index contributed by atoms with van der Waals surface area (Å²) in [6.07, 6.45) is 2.38. The third kappa shape index (κ3) is 4.26. The second-order valence-corrected chi connectivity index (χ2v) is 7.15. The standard InChI is InChI=1S/C20H12BrN5O5/c21-13-5-7-17(31-18-8-6-14(11-22-18)26(29)30)12(9-13)10-23-25-19(27)15-3-1-2-4-16(15)24-20(25)28/h1-11H,(H,24,28). The molecule has 0 spiro atoms. The van der Waals surface area contributed by atoms with Gasteiger partial charge in [0.05, 0.1) is 22.0 Å². The number of para-hydroxylation sites is 1. The second kappa shape index (κ2) is 8.32. The molecule has 31 heavy (non-hydrogen) atoms. The van der Waals surface area contributed by atoms with Gasteiger partial charge in [-0.05, 0) is 30.3 Å². The number of ether oxygens (including phenoxy) is 1. The fraction of sp³-hybridized carbons (Fsp3) is 0. The first-order chi connectivity index (χ1) is 14.9. The molecule has 4 rings (SSSR count). The molecule has 0 aliphatic heterocycles. The lowest BCUT2D eigenvalue weighted by atomic mass is 10.2. The van der Waals surface area contributed by atoms with E-state index in [0.29, 0.717) is 26.7 Å². The van der Waals surface area contributed by atoms with E-state index in [0.717, 1.165) is 10.9 Å². The summed E-state index contributed by atoms with van der Waals surface area (Å²) in [6, 6.07) is 14.3. The topological polar surface area (TPSA) is 132 Å². The van der Waals surface area contributed by atoms with E-state index in [2.05, 4.69) is 31.0 Å². The van der Waals surface area contributed by atoms with Gasteiger partial charge in [0.15, 0.2) is 0 Å². The van der Waals surface area contributed by atoms with Crippen LogP contribution in [0.1, 0.15) is 5.56 Å². The molecular weight excluding hydrogens is 470 g/mol. The number of nitrogens with zero attached hydrogens (tertiary/aromatic N) is 4. The van der Waals surface area contributed by atoms with Crippen molar-refractivity contribution in [2.24, 2.45) is 5.10 Å². The third-order valence-corrected chi connectivity index (χ3v) is 4.71. The number of fused-ring (bicyclic) bond motifs is 1. The lowest BCUT2D eigenvalue weighted by Gasteiger charge is -2.08. The van der Waals surface area contributed by atoms with Crippen molar-refractivity contribution >= 4 is 38.7 Å². The van der Waals surface area contributed by atoms with Crippen LogP contribution in [-0.2, 0) is 0 Å². The van der Waals surface area contributed by atoms with Crippen molar-refractivity contribution < 1.29 is 9.66 Å². The fourth-order valence-corrected chi connectivity index (χ4v) is 3.12. The van der Waals surface area contributed by atoms with Crippen LogP contribution in [0, 0.1) is 10.1 Å². The van der Waals surface area contributed by atoms with E-state index >= 15 is 0 Å². The van der Waals surface area contributed by atoms with E-state index in [1.807, 2.05) is 0 Å². The van der Waals surface area contributed by atoms with Crippen molar-refractivity contribution in [1.29, 1.82) is 0 Å². The molecule has 0 saturated carbocycles. The Morgan fingerprint density at radius 1 is 1.16 bits per heavy atom. The quantitative estimate of drug-likeness (QED) is 0.263. The van der Waals surface area contributed by atoms with Gasteiger partial charge in [-0.25, -0.2) is 9.78 Å². The number of H-pyrrole nitrogens is 1. The summed E-state index contributed by atoms with van der Waals surface area (Å²) >= 11 is 3.35. The van der Waals surface area contributed by atoms with Gasteiger partial charge in [-0.15, -0.1) is 4.68 Å². The Morgan fingerprint density at radius 3 is 2.71 bits per heavy atom. The van der Waals surface area contributed by atoms with Gasteiger partial charge in [0.25, 0.3) is 11.2 Å². The van der Waals surface area contributed by atoms with Gasteiger partial charge in [-0.3, -0.25) is 14.9 Å². The van der Waals surface area contributed by atoms with Crippen LogP contribution in [0.3, 0.4) is 0 Å². The zero-order chi connectivity index (χ0) is 22.0. The number of aromatic amines is 1. The minimum atomic E-state index is -0.686. The molecule has 0 fully saturated rings. The van der Waals surface area contributed by atoms with Gasteiger partial charge >= 0.3 is 5.69 Å². The average molecular weight is 482 g/mol. The molecule has 0 atom stereocenters. The van der Waals surface area contributed by atoms with Crippen LogP contribution in [-0.4, -0.2) is 25.8 Å². The van der Waals surface area contributed by atoms with Crippen LogP contribution in [0.15, 0.2) is 80.0 Å². The molecule has 0 aliphatic carbocycles. The highest BCUT2D eigenvalue weighted by molar-refractivity contribution is 9.10. The molecular formula is C20H12BrN5O5. The van der Waals surface area contributed by atoms with E-state index in [-0.39, 0.29) is 11.6 Å². The van der Waals surface area contributed by atoms with Crippen LogP contribution in [0.4, 0.5) is 5.69 Å². The molecule has 10 nitrogen and oxygen atoms in total. The number of rotatable bonds is 5. The highest BCUT2D eigenvalue weighted by Gasteiger charge is 2.10. The van der Waals surface area contributed by atoms with E-state index in [4.69, 9.17) is 4.74 Å². The highest BCUT2D eigenvalue weighted by Crippen LogP contribution is 2.26. The molecule has 1 N–H and O–H groups in total. The molecule has 0 unspecified atom stereocenters. The summed E-state index contributed by atoms with van der Waals surface area (Å²) in [5.41, 5.74) is -0.562. The average Bonchev–Trinajstić information content (AvgIpc) is 2.75. The lowest BCUT2D eigenvalue weighted by molar-refractivity contribution is -0.385. The van der Waals surface area contributed by atoms with Crippen LogP contribution in [0.2, 0.25) is 0 Å². The Morgan fingerprint density at radius 2 is 1.97 bits per heavy atom. The maximum atomic E-state index is 12.6. The Labute approximate surface area is 181 Å². The minimum absolute atomic E-state index is 0.128. The number of nitro groups is 1. The van der Waals surface area contributed by atoms with Gasteiger partial charge < -0.3 is 9.72 Å². The Hall–Kier alpha value is -4.12. The molecule has 0 bridgehead atoms. The molecule has 2 aromatic carbocycles. The zero-order valence-corrected chi connectivity index (χ0v) is 17.1. The van der Waals surface area contributed by atoms with Crippen molar-refractivity contribution in [3.8, 4) is 11.6 Å². The van der Waals surface area contributed by atoms with Gasteiger partial charge in [0.1, 0.15) is 11.9 Å². The summed E-state index contributed by atoms with van der Waals surface area (Å²) in [5.74, 6) is 0.446. The van der Waals surface area contributed by atoms with Crippen LogP contribution < -0.4 is 16.0 Å². The first-order valence-electron chi connectivity index (χ1n) is 8.78. The molecule has 4 aromatic rings. The SMILES string of the molecule is O=c1[nH]c2ccccc2c(=O)n1N=Cc1cc(Br)ccc1Oc1ccc([N+](=O)[O-])cn1. The number of aromatic nitrogens is 3. The number of hydrogen-bond acceptors (Lipinski definition) is 7. The summed E-state index contributed by atoms with van der Waals surface area (Å²) in [7, 11) is 0. The maximum absolute atomic E-state index is 12.6. The van der Waals surface area contributed by atoms with Crippen LogP contribution in [0.5, 0.6) is 11.6 Å². The number of nitrogens with one attached hydrogen (secondary N) is 1. The highest BCUT2D eigenvalue weighted by atomic mass is 79.9. The lowest BCUT2D eigenvalue weighted by Crippen LogP contribution is -2.32. The van der Waals surface area contributed by atoms with Crippen LogP contribution in [0.25, 0.3) is 10.9 Å². The molecule has 11 heteroatoms. The summed E-state index contributed by atoms with van der Waals surface area (Å²) < 4.78 is 7.12. The largest absolute Gasteiger partial charge is 0.438 e. The molecule has 2 aromatic heterocycles. The molecule has 0 radical (unpaired) electrons. The third-order valence-electron chi connectivity index (χ3n) is 4.21. The van der Waals surface area contributed by atoms with Crippen molar-refractivity contribution in [3.63, 3.8) is 0 Å². The van der Waals surface area contributed by atoms with Gasteiger partial charge in [0, 0.05) is 22.2 Å². The summed E-state index contributed by atoms with van der Waals surface area (Å²) in [6.45, 7) is 0. The number of benzene rings is 2. The number of halogens is 1. The Bertz CT molecular complexity index is 1440. The summed E-state index contributed by atoms with van der Waals surface area (Å²) in [5, 5.41) is 15.1. The smallest absolute Gasteiger partial charge is 0.349 e. The van der Waals surface area contributed by atoms with E-state index in [1.54, 1.807) is 42.5 Å². The van der Waals surface area contributed by atoms with Crippen molar-refractivity contribution in [3.05, 3.63) is 102 Å². The van der Waals surface area contributed by atoms with Crippen molar-refractivity contribution in [2.45, 2.75) is 0 Å². The molecule has 154 valence electrons. The molecule has 2 heterocycles. The number of pyridine rings is 1. The predicted octanol–water partition coefficient (Wildman–Crippen LogP) is 3.43. The number of hydrogen-bond donors (Lipinski definition) is 1. The van der Waals surface area contributed by atoms with E-state index < -0.39 is 16.2 Å². The monoisotopic (exact) mass is 481 g/mol. The molecule has 0 saturated heterocycles. The van der Waals surface area contributed by atoms with Gasteiger partial charge in [-0.1, -0.05) is 28.1 Å². The second-order valence-electron chi connectivity index (χ2n) is 6.23. The minimum Gasteiger partial charge on any atom is -0.438 e. The van der Waals surface area contributed by atoms with E-state index in [1.165, 1.54) is 18.3 Å². The first-order valence-corrected chi connectivity index (χ1v) is 9.58. The van der Waals surface area contributed by atoms with Crippen molar-refractivity contribution in [2.75, 3.05) is 0 Å². The first kappa shape index (κ1) is 20.2. The Kier molecular flexibility index (Phi) is 5.41. The molecule has 0 amide bonds. The normalized spacial score (nSPS) is 11.1. The predicted molar refractivity (Wildman–Crippen MR) is 117 cm³/mol. The van der Waals surface area contributed by atoms with Crippen molar-refractivity contribution in [1.82, 2.24) is 14.6 Å². The van der Waals surface area contributed by atoms with Crippen LogP contribution >= 0.6 is 15.9 Å². The fourth-order valence-electron chi connectivity index (χ4n) is 2.74. The Balaban J connectivity index is 1.71. The van der Waals surface area contributed by atoms with Gasteiger partial charge in [0.2, 0.25) is 5.88 Å². The zero-order valence-electron chi connectivity index (χ0n) is 15.6. The van der Waals surface area contributed by atoms with E-state index in [9.17, 15) is 19.7 Å². The maximum Gasteiger partial charge on any atom is 0.349 e. The summed E-state index contributed by atoms with van der Waals surface area (Å²) in [4.78, 5) is 41.6.